The summed E-state index contributed by atoms with van der Waals surface area (Å²) in [7, 11) is 0. The number of amidine groups is 1. The lowest BCUT2D eigenvalue weighted by Crippen LogP contribution is -2.43. The molecule has 1 N–H and O–H groups in total. The summed E-state index contributed by atoms with van der Waals surface area (Å²) in [5, 5.41) is 5.91. The molecule has 4 rings (SSSR count). The van der Waals surface area contributed by atoms with E-state index < -0.39 is 12.0 Å². The number of rotatable bonds is 6. The van der Waals surface area contributed by atoms with Gasteiger partial charge in [0.1, 0.15) is 11.9 Å². The minimum absolute atomic E-state index is 0. The molecule has 1 saturated heterocycles. The molecule has 0 spiro atoms. The van der Waals surface area contributed by atoms with Crippen molar-refractivity contribution in [3.63, 3.8) is 0 Å². The van der Waals surface area contributed by atoms with E-state index in [4.69, 9.17) is 14.5 Å². The van der Waals surface area contributed by atoms with Gasteiger partial charge in [-0.25, -0.2) is 14.2 Å². The van der Waals surface area contributed by atoms with Crippen LogP contribution in [0.2, 0.25) is 0 Å². The average molecular weight is 525 g/mol. The second-order valence-electron chi connectivity index (χ2n) is 7.01. The molecule has 2 aromatic rings. The number of thiazole rings is 1. The number of esters is 1. The summed E-state index contributed by atoms with van der Waals surface area (Å²) < 4.78 is 25.2. The van der Waals surface area contributed by atoms with Crippen molar-refractivity contribution in [3.8, 4) is 0 Å². The number of hydrogen-bond acceptors (Lipinski definition) is 8. The standard InChI is InChI=1S/C21H22BrFN4O3S.CH4/c1-2-30-21(28)17-16(12-27-6-8-29-9-7-27)25-19(20-24-5-10-31-20)26-18(17)14-4-3-13(23)11-15(14)22;/h3-5,10-11,18H,2,6-9,12H2,1H3,(H,25,26);1H4. The Morgan fingerprint density at radius 1 is 1.41 bits per heavy atom. The monoisotopic (exact) mass is 524 g/mol. The van der Waals surface area contributed by atoms with Gasteiger partial charge in [-0.1, -0.05) is 29.4 Å². The largest absolute Gasteiger partial charge is 0.463 e. The van der Waals surface area contributed by atoms with Crippen LogP contribution in [0.3, 0.4) is 0 Å². The Balaban J connectivity index is 0.00000289. The Morgan fingerprint density at radius 3 is 2.84 bits per heavy atom. The van der Waals surface area contributed by atoms with Crippen molar-refractivity contribution in [3.05, 3.63) is 61.9 Å². The second kappa shape index (κ2) is 11.1. The van der Waals surface area contributed by atoms with Crippen LogP contribution >= 0.6 is 27.3 Å². The highest BCUT2D eigenvalue weighted by Crippen LogP contribution is 2.37. The molecule has 2 aliphatic heterocycles. The second-order valence-corrected chi connectivity index (χ2v) is 8.76. The number of aromatic nitrogens is 1. The third-order valence-corrected chi connectivity index (χ3v) is 6.47. The predicted molar refractivity (Wildman–Crippen MR) is 126 cm³/mol. The molecule has 172 valence electrons. The number of benzene rings is 1. The molecule has 0 amide bonds. The van der Waals surface area contributed by atoms with Gasteiger partial charge in [0.15, 0.2) is 10.8 Å². The quantitative estimate of drug-likeness (QED) is 0.577. The van der Waals surface area contributed by atoms with E-state index in [0.29, 0.717) is 51.9 Å². The van der Waals surface area contributed by atoms with Crippen LogP contribution < -0.4 is 5.32 Å². The van der Waals surface area contributed by atoms with Crippen LogP contribution in [0, 0.1) is 5.82 Å². The summed E-state index contributed by atoms with van der Waals surface area (Å²) in [5.41, 5.74) is 1.81. The summed E-state index contributed by atoms with van der Waals surface area (Å²) in [5.74, 6) is -0.238. The van der Waals surface area contributed by atoms with Crippen molar-refractivity contribution in [2.24, 2.45) is 4.99 Å². The third-order valence-electron chi connectivity index (χ3n) is 5.00. The number of carbonyl (C=O) groups excluding carboxylic acids is 1. The van der Waals surface area contributed by atoms with Gasteiger partial charge in [0, 0.05) is 41.4 Å². The maximum absolute atomic E-state index is 13.8. The van der Waals surface area contributed by atoms with Crippen LogP contribution in [0.15, 0.2) is 50.5 Å². The van der Waals surface area contributed by atoms with E-state index in [9.17, 15) is 9.18 Å². The van der Waals surface area contributed by atoms with Crippen molar-refractivity contribution in [2.75, 3.05) is 39.5 Å². The Kier molecular flexibility index (Phi) is 8.52. The average Bonchev–Trinajstić information content (AvgIpc) is 3.29. The number of aliphatic imine (C=N–C) groups is 1. The van der Waals surface area contributed by atoms with Crippen molar-refractivity contribution < 1.29 is 18.7 Å². The highest BCUT2D eigenvalue weighted by molar-refractivity contribution is 9.10. The SMILES string of the molecule is C.CCOC(=O)C1=C(CN2CCOCC2)NC(c2nccs2)=NC1c1ccc(F)cc1Br. The fraction of sp³-hybridized carbons (Fsp3) is 0.409. The predicted octanol–water partition coefficient (Wildman–Crippen LogP) is 3.92. The smallest absolute Gasteiger partial charge is 0.338 e. The van der Waals surface area contributed by atoms with Crippen molar-refractivity contribution >= 4 is 39.1 Å². The van der Waals surface area contributed by atoms with Crippen LogP contribution in [0.5, 0.6) is 0 Å². The fourth-order valence-corrected chi connectivity index (χ4v) is 4.71. The summed E-state index contributed by atoms with van der Waals surface area (Å²) >= 11 is 4.89. The minimum Gasteiger partial charge on any atom is -0.463 e. The van der Waals surface area contributed by atoms with Gasteiger partial charge >= 0.3 is 5.97 Å². The first-order chi connectivity index (χ1) is 15.1. The molecule has 1 aromatic heterocycles. The van der Waals surface area contributed by atoms with Crippen molar-refractivity contribution in [1.29, 1.82) is 0 Å². The Hall–Kier alpha value is -2.14. The van der Waals surface area contributed by atoms with Gasteiger partial charge in [-0.05, 0) is 24.6 Å². The van der Waals surface area contributed by atoms with Gasteiger partial charge in [-0.2, -0.15) is 0 Å². The first-order valence-electron chi connectivity index (χ1n) is 9.96. The fourth-order valence-electron chi connectivity index (χ4n) is 3.55. The molecule has 2 aliphatic rings. The zero-order valence-corrected chi connectivity index (χ0v) is 19.3. The summed E-state index contributed by atoms with van der Waals surface area (Å²) in [6.45, 7) is 5.32. The Labute approximate surface area is 199 Å². The Morgan fingerprint density at radius 2 is 2.19 bits per heavy atom. The van der Waals surface area contributed by atoms with E-state index in [0.717, 1.165) is 13.1 Å². The molecule has 0 radical (unpaired) electrons. The molecule has 0 aliphatic carbocycles. The topological polar surface area (TPSA) is 76.0 Å². The molecule has 1 aromatic carbocycles. The normalized spacial score (nSPS) is 19.1. The number of nitrogens with zero attached hydrogens (tertiary/aromatic N) is 3. The van der Waals surface area contributed by atoms with Gasteiger partial charge in [0.05, 0.1) is 25.4 Å². The number of nitrogens with one attached hydrogen (secondary N) is 1. The first kappa shape index (κ1) is 24.5. The zero-order valence-electron chi connectivity index (χ0n) is 16.9. The maximum Gasteiger partial charge on any atom is 0.338 e. The van der Waals surface area contributed by atoms with Gasteiger partial charge in [-0.3, -0.25) is 9.89 Å². The number of halogens is 2. The Bertz CT molecular complexity index is 1010. The van der Waals surface area contributed by atoms with Gasteiger partial charge in [0.25, 0.3) is 0 Å². The number of ether oxygens (including phenoxy) is 2. The summed E-state index contributed by atoms with van der Waals surface area (Å²) in [4.78, 5) is 24.5. The third kappa shape index (κ3) is 5.43. The van der Waals surface area contributed by atoms with Gasteiger partial charge in [-0.15, -0.1) is 11.3 Å². The highest BCUT2D eigenvalue weighted by atomic mass is 79.9. The molecule has 0 bridgehead atoms. The minimum atomic E-state index is -0.662. The molecule has 3 heterocycles. The molecule has 0 saturated carbocycles. The highest BCUT2D eigenvalue weighted by Gasteiger charge is 2.34. The van der Waals surface area contributed by atoms with Crippen LogP contribution in [0.4, 0.5) is 4.39 Å². The summed E-state index contributed by atoms with van der Waals surface area (Å²) in [6, 6.07) is 3.72. The van der Waals surface area contributed by atoms with E-state index in [-0.39, 0.29) is 19.9 Å². The molecular weight excluding hydrogens is 499 g/mol. The summed E-state index contributed by atoms with van der Waals surface area (Å²) in [6.07, 6.45) is 1.71. The van der Waals surface area contributed by atoms with E-state index in [1.54, 1.807) is 19.2 Å². The van der Waals surface area contributed by atoms with Crippen LogP contribution in [0.1, 0.15) is 31.0 Å². The van der Waals surface area contributed by atoms with E-state index in [1.165, 1.54) is 23.5 Å². The van der Waals surface area contributed by atoms with Crippen LogP contribution in [-0.2, 0) is 14.3 Å². The molecule has 10 heteroatoms. The molecule has 7 nitrogen and oxygen atoms in total. The van der Waals surface area contributed by atoms with E-state index >= 15 is 0 Å². The van der Waals surface area contributed by atoms with Crippen LogP contribution in [0.25, 0.3) is 0 Å². The lowest BCUT2D eigenvalue weighted by atomic mass is 9.95. The van der Waals surface area contributed by atoms with Crippen LogP contribution in [-0.4, -0.2) is 61.1 Å². The van der Waals surface area contributed by atoms with E-state index in [1.807, 2.05) is 5.38 Å². The van der Waals surface area contributed by atoms with E-state index in [2.05, 4.69) is 31.1 Å². The lowest BCUT2D eigenvalue weighted by molar-refractivity contribution is -0.139. The number of morpholine rings is 1. The number of carbonyl (C=O) groups is 1. The molecule has 1 atom stereocenters. The molecule has 1 fully saturated rings. The lowest BCUT2D eigenvalue weighted by Gasteiger charge is -2.32. The molecular formula is C22H26BrFN4O3S. The first-order valence-corrected chi connectivity index (χ1v) is 11.6. The van der Waals surface area contributed by atoms with Gasteiger partial charge < -0.3 is 14.8 Å². The van der Waals surface area contributed by atoms with Crippen molar-refractivity contribution in [2.45, 2.75) is 20.4 Å². The molecule has 1 unspecified atom stereocenters. The number of hydrogen-bond donors (Lipinski definition) is 1. The van der Waals surface area contributed by atoms with Gasteiger partial charge in [0.2, 0.25) is 0 Å². The zero-order chi connectivity index (χ0) is 21.8. The molecule has 32 heavy (non-hydrogen) atoms. The maximum atomic E-state index is 13.8. The van der Waals surface area contributed by atoms with Crippen molar-refractivity contribution in [1.82, 2.24) is 15.2 Å².